The SMILES string of the molecule is CSc1ccc(CCN(C)C(=O)C(N)=O)cc1. The Morgan fingerprint density at radius 1 is 1.29 bits per heavy atom. The average Bonchev–Trinajstić information content (AvgIpc) is 2.35. The van der Waals surface area contributed by atoms with Gasteiger partial charge < -0.3 is 10.6 Å². The number of nitrogens with two attached hydrogens (primary N) is 1. The van der Waals surface area contributed by atoms with Gasteiger partial charge in [0.25, 0.3) is 0 Å². The van der Waals surface area contributed by atoms with Crippen molar-refractivity contribution in [2.75, 3.05) is 19.8 Å². The number of likely N-dealkylation sites (N-methyl/N-ethyl adjacent to an activating group) is 1. The standard InChI is InChI=1S/C12H16N2O2S/c1-14(12(16)11(13)15)8-7-9-3-5-10(17-2)6-4-9/h3-6H,7-8H2,1-2H3,(H2,13,15). The molecular weight excluding hydrogens is 236 g/mol. The molecule has 2 N–H and O–H groups in total. The number of primary amides is 1. The first-order valence-electron chi connectivity index (χ1n) is 5.22. The van der Waals surface area contributed by atoms with Gasteiger partial charge in [0.05, 0.1) is 0 Å². The maximum atomic E-state index is 11.2. The van der Waals surface area contributed by atoms with E-state index in [0.717, 1.165) is 5.56 Å². The molecule has 0 fully saturated rings. The highest BCUT2D eigenvalue weighted by atomic mass is 32.2. The molecule has 1 aromatic carbocycles. The first-order chi connectivity index (χ1) is 8.04. The zero-order valence-corrected chi connectivity index (χ0v) is 10.8. The molecule has 1 rings (SSSR count). The van der Waals surface area contributed by atoms with E-state index < -0.39 is 11.8 Å². The van der Waals surface area contributed by atoms with Crippen LogP contribution in [0, 0.1) is 0 Å². The fourth-order valence-corrected chi connectivity index (χ4v) is 1.79. The number of thioether (sulfide) groups is 1. The second kappa shape index (κ2) is 6.30. The van der Waals surface area contributed by atoms with E-state index in [9.17, 15) is 9.59 Å². The fourth-order valence-electron chi connectivity index (χ4n) is 1.38. The van der Waals surface area contributed by atoms with Gasteiger partial charge in [0.15, 0.2) is 0 Å². The average molecular weight is 252 g/mol. The summed E-state index contributed by atoms with van der Waals surface area (Å²) in [5, 5.41) is 0. The number of amides is 2. The van der Waals surface area contributed by atoms with Gasteiger partial charge in [0.1, 0.15) is 0 Å². The van der Waals surface area contributed by atoms with Crippen molar-refractivity contribution in [2.24, 2.45) is 5.73 Å². The highest BCUT2D eigenvalue weighted by Gasteiger charge is 2.14. The summed E-state index contributed by atoms with van der Waals surface area (Å²) in [6.07, 6.45) is 2.73. The van der Waals surface area contributed by atoms with Gasteiger partial charge in [-0.15, -0.1) is 11.8 Å². The van der Waals surface area contributed by atoms with Crippen LogP contribution < -0.4 is 5.73 Å². The van der Waals surface area contributed by atoms with E-state index in [4.69, 9.17) is 5.73 Å². The summed E-state index contributed by atoms with van der Waals surface area (Å²) in [6.45, 7) is 0.486. The molecule has 0 spiro atoms. The van der Waals surface area contributed by atoms with Gasteiger partial charge >= 0.3 is 11.8 Å². The monoisotopic (exact) mass is 252 g/mol. The predicted molar refractivity (Wildman–Crippen MR) is 68.8 cm³/mol. The molecule has 0 saturated carbocycles. The summed E-state index contributed by atoms with van der Waals surface area (Å²) in [4.78, 5) is 24.4. The first-order valence-corrected chi connectivity index (χ1v) is 6.45. The van der Waals surface area contributed by atoms with Crippen LogP contribution in [-0.4, -0.2) is 36.6 Å². The highest BCUT2D eigenvalue weighted by molar-refractivity contribution is 7.98. The lowest BCUT2D eigenvalue weighted by atomic mass is 10.1. The van der Waals surface area contributed by atoms with Crippen LogP contribution in [0.3, 0.4) is 0 Å². The highest BCUT2D eigenvalue weighted by Crippen LogP contribution is 2.15. The molecule has 17 heavy (non-hydrogen) atoms. The Labute approximate surface area is 105 Å². The van der Waals surface area contributed by atoms with Crippen molar-refractivity contribution in [1.82, 2.24) is 4.90 Å². The quantitative estimate of drug-likeness (QED) is 0.639. The number of rotatable bonds is 4. The van der Waals surface area contributed by atoms with Crippen LogP contribution in [0.15, 0.2) is 29.2 Å². The molecule has 0 atom stereocenters. The number of carbonyl (C=O) groups excluding carboxylic acids is 2. The Morgan fingerprint density at radius 2 is 1.88 bits per heavy atom. The number of nitrogens with zero attached hydrogens (tertiary/aromatic N) is 1. The topological polar surface area (TPSA) is 63.4 Å². The zero-order valence-electron chi connectivity index (χ0n) is 9.97. The minimum Gasteiger partial charge on any atom is -0.361 e. The number of hydrogen-bond acceptors (Lipinski definition) is 3. The molecule has 92 valence electrons. The normalized spacial score (nSPS) is 10.0. The Balaban J connectivity index is 2.49. The molecule has 5 heteroatoms. The largest absolute Gasteiger partial charge is 0.361 e. The van der Waals surface area contributed by atoms with Gasteiger partial charge in [0, 0.05) is 18.5 Å². The summed E-state index contributed by atoms with van der Waals surface area (Å²) < 4.78 is 0. The molecule has 0 radical (unpaired) electrons. The molecule has 4 nitrogen and oxygen atoms in total. The van der Waals surface area contributed by atoms with Crippen molar-refractivity contribution >= 4 is 23.6 Å². The van der Waals surface area contributed by atoms with Crippen molar-refractivity contribution < 1.29 is 9.59 Å². The summed E-state index contributed by atoms with van der Waals surface area (Å²) in [5.41, 5.74) is 6.04. The lowest BCUT2D eigenvalue weighted by Gasteiger charge is -2.14. The van der Waals surface area contributed by atoms with E-state index in [-0.39, 0.29) is 0 Å². The minimum absolute atomic E-state index is 0.486. The van der Waals surface area contributed by atoms with Crippen molar-refractivity contribution in [3.63, 3.8) is 0 Å². The predicted octanol–water partition coefficient (Wildman–Crippen LogP) is 0.895. The number of benzene rings is 1. The van der Waals surface area contributed by atoms with Crippen LogP contribution >= 0.6 is 11.8 Å². The molecule has 0 aromatic heterocycles. The summed E-state index contributed by atoms with van der Waals surface area (Å²) in [6, 6.07) is 8.12. The van der Waals surface area contributed by atoms with E-state index in [2.05, 4.69) is 0 Å². The van der Waals surface area contributed by atoms with Gasteiger partial charge in [0.2, 0.25) is 0 Å². The Kier molecular flexibility index (Phi) is 5.03. The molecule has 0 unspecified atom stereocenters. The van der Waals surface area contributed by atoms with E-state index >= 15 is 0 Å². The van der Waals surface area contributed by atoms with Crippen LogP contribution in [0.1, 0.15) is 5.56 Å². The molecule has 0 bridgehead atoms. The third-order valence-electron chi connectivity index (χ3n) is 2.45. The van der Waals surface area contributed by atoms with E-state index in [1.165, 1.54) is 9.80 Å². The molecule has 0 heterocycles. The summed E-state index contributed by atoms with van der Waals surface area (Å²) >= 11 is 1.68. The molecule has 2 amide bonds. The maximum Gasteiger partial charge on any atom is 0.311 e. The Hall–Kier alpha value is -1.49. The van der Waals surface area contributed by atoms with Gasteiger partial charge in [-0.25, -0.2) is 0 Å². The van der Waals surface area contributed by atoms with Crippen LogP contribution in [-0.2, 0) is 16.0 Å². The second-order valence-electron chi connectivity index (χ2n) is 3.69. The van der Waals surface area contributed by atoms with Gasteiger partial charge in [-0.3, -0.25) is 9.59 Å². The van der Waals surface area contributed by atoms with Crippen LogP contribution in [0.25, 0.3) is 0 Å². The van der Waals surface area contributed by atoms with Gasteiger partial charge in [-0.2, -0.15) is 0 Å². The summed E-state index contributed by atoms with van der Waals surface area (Å²) in [5.74, 6) is -1.56. The van der Waals surface area contributed by atoms with Crippen molar-refractivity contribution in [3.8, 4) is 0 Å². The number of carbonyl (C=O) groups is 2. The van der Waals surface area contributed by atoms with Crippen LogP contribution in [0.2, 0.25) is 0 Å². The lowest BCUT2D eigenvalue weighted by Crippen LogP contribution is -2.38. The van der Waals surface area contributed by atoms with Crippen molar-refractivity contribution in [1.29, 1.82) is 0 Å². The third kappa shape index (κ3) is 4.11. The molecule has 0 aliphatic rings. The lowest BCUT2D eigenvalue weighted by molar-refractivity contribution is -0.143. The molecule has 0 saturated heterocycles. The van der Waals surface area contributed by atoms with E-state index in [1.807, 2.05) is 30.5 Å². The molecule has 0 aliphatic heterocycles. The molecule has 1 aromatic rings. The first kappa shape index (κ1) is 13.6. The van der Waals surface area contributed by atoms with E-state index in [1.54, 1.807) is 18.8 Å². The van der Waals surface area contributed by atoms with Crippen LogP contribution in [0.5, 0.6) is 0 Å². The van der Waals surface area contributed by atoms with Gasteiger partial charge in [-0.05, 0) is 30.4 Å². The number of hydrogen-bond donors (Lipinski definition) is 1. The van der Waals surface area contributed by atoms with E-state index in [0.29, 0.717) is 13.0 Å². The Morgan fingerprint density at radius 3 is 2.35 bits per heavy atom. The van der Waals surface area contributed by atoms with Crippen molar-refractivity contribution in [3.05, 3.63) is 29.8 Å². The molecule has 0 aliphatic carbocycles. The van der Waals surface area contributed by atoms with Gasteiger partial charge in [-0.1, -0.05) is 12.1 Å². The second-order valence-corrected chi connectivity index (χ2v) is 4.57. The third-order valence-corrected chi connectivity index (χ3v) is 3.20. The molecular formula is C12H16N2O2S. The Bertz CT molecular complexity index is 403. The smallest absolute Gasteiger partial charge is 0.311 e. The zero-order chi connectivity index (χ0) is 12.8. The maximum absolute atomic E-state index is 11.2. The van der Waals surface area contributed by atoms with Crippen molar-refractivity contribution in [2.45, 2.75) is 11.3 Å². The minimum atomic E-state index is -0.912. The van der Waals surface area contributed by atoms with Crippen LogP contribution in [0.4, 0.5) is 0 Å². The fraction of sp³-hybridized carbons (Fsp3) is 0.333. The summed E-state index contributed by atoms with van der Waals surface area (Å²) in [7, 11) is 1.57.